The Bertz CT molecular complexity index is 174. The van der Waals surface area contributed by atoms with Crippen LogP contribution in [-0.2, 0) is 4.74 Å². The second kappa shape index (κ2) is 8.93. The van der Waals surface area contributed by atoms with E-state index in [4.69, 9.17) is 4.74 Å². The van der Waals surface area contributed by atoms with Gasteiger partial charge < -0.3 is 10.1 Å². The van der Waals surface area contributed by atoms with Crippen molar-refractivity contribution in [2.45, 2.75) is 65.3 Å². The van der Waals surface area contributed by atoms with Gasteiger partial charge >= 0.3 is 0 Å². The molecule has 1 heterocycles. The summed E-state index contributed by atoms with van der Waals surface area (Å²) in [6, 6.07) is 0.730. The predicted octanol–water partition coefficient (Wildman–Crippen LogP) is 3.61. The van der Waals surface area contributed by atoms with Crippen LogP contribution >= 0.6 is 0 Å². The summed E-state index contributed by atoms with van der Waals surface area (Å²) in [6.45, 7) is 10.1. The normalized spacial score (nSPS) is 19.8. The summed E-state index contributed by atoms with van der Waals surface area (Å²) in [4.78, 5) is 0. The third-order valence-electron chi connectivity index (χ3n) is 4.20. The molecule has 0 radical (unpaired) electrons. The molecule has 0 aromatic rings. The van der Waals surface area contributed by atoms with Crippen molar-refractivity contribution < 1.29 is 4.74 Å². The molecule has 0 bridgehead atoms. The lowest BCUT2D eigenvalue weighted by Gasteiger charge is -2.32. The molecule has 1 fully saturated rings. The van der Waals surface area contributed by atoms with Gasteiger partial charge in [0, 0.05) is 19.3 Å². The third-order valence-corrected chi connectivity index (χ3v) is 4.20. The van der Waals surface area contributed by atoms with Crippen LogP contribution in [0, 0.1) is 11.8 Å². The Hall–Kier alpha value is -0.0800. The number of hydrogen-bond donors (Lipinski definition) is 1. The van der Waals surface area contributed by atoms with E-state index in [0.717, 1.165) is 31.1 Å². The molecule has 1 N–H and O–H groups in total. The lowest BCUT2D eigenvalue weighted by Crippen LogP contribution is -2.38. The minimum atomic E-state index is 0.730. The largest absolute Gasteiger partial charge is 0.381 e. The molecule has 0 aromatic heterocycles. The Morgan fingerprint density at radius 1 is 1.12 bits per heavy atom. The standard InChI is InChI=1S/C15H31NO/c1-4-9-16-15(14(5-2)6-3)12-13-7-10-17-11-8-13/h13-16H,4-12H2,1-3H3. The van der Waals surface area contributed by atoms with Gasteiger partial charge in [-0.2, -0.15) is 0 Å². The quantitative estimate of drug-likeness (QED) is 0.701. The highest BCUT2D eigenvalue weighted by Crippen LogP contribution is 2.25. The number of ether oxygens (including phenoxy) is 1. The minimum Gasteiger partial charge on any atom is -0.381 e. The molecule has 0 aromatic carbocycles. The van der Waals surface area contributed by atoms with Crippen LogP contribution in [0.15, 0.2) is 0 Å². The highest BCUT2D eigenvalue weighted by molar-refractivity contribution is 4.79. The van der Waals surface area contributed by atoms with E-state index in [1.807, 2.05) is 0 Å². The fraction of sp³-hybridized carbons (Fsp3) is 1.00. The van der Waals surface area contributed by atoms with Crippen molar-refractivity contribution in [1.29, 1.82) is 0 Å². The van der Waals surface area contributed by atoms with Crippen LogP contribution in [-0.4, -0.2) is 25.8 Å². The lowest BCUT2D eigenvalue weighted by atomic mass is 9.84. The first-order valence-corrected chi connectivity index (χ1v) is 7.62. The van der Waals surface area contributed by atoms with Crippen LogP contribution in [0.3, 0.4) is 0 Å². The zero-order chi connectivity index (χ0) is 12.5. The van der Waals surface area contributed by atoms with Crippen molar-refractivity contribution in [3.8, 4) is 0 Å². The van der Waals surface area contributed by atoms with Gasteiger partial charge in [-0.3, -0.25) is 0 Å². The number of nitrogens with one attached hydrogen (secondary N) is 1. The molecule has 1 rings (SSSR count). The number of hydrogen-bond acceptors (Lipinski definition) is 2. The SMILES string of the molecule is CCCNC(CC1CCOCC1)C(CC)CC. The molecule has 1 unspecified atom stereocenters. The molecule has 0 amide bonds. The maximum absolute atomic E-state index is 5.46. The van der Waals surface area contributed by atoms with Gasteiger partial charge in [0.1, 0.15) is 0 Å². The highest BCUT2D eigenvalue weighted by Gasteiger charge is 2.23. The van der Waals surface area contributed by atoms with Gasteiger partial charge in [-0.15, -0.1) is 0 Å². The summed E-state index contributed by atoms with van der Waals surface area (Å²) in [7, 11) is 0. The molecule has 1 atom stereocenters. The monoisotopic (exact) mass is 241 g/mol. The summed E-state index contributed by atoms with van der Waals surface area (Å²) in [6.07, 6.45) is 7.75. The maximum Gasteiger partial charge on any atom is 0.0468 e. The molecule has 1 aliphatic heterocycles. The summed E-state index contributed by atoms with van der Waals surface area (Å²) in [5.74, 6) is 1.74. The van der Waals surface area contributed by atoms with Crippen molar-refractivity contribution in [2.75, 3.05) is 19.8 Å². The average Bonchev–Trinajstić information content (AvgIpc) is 2.38. The zero-order valence-electron chi connectivity index (χ0n) is 12.0. The van der Waals surface area contributed by atoms with Crippen molar-refractivity contribution >= 4 is 0 Å². The van der Waals surface area contributed by atoms with Gasteiger partial charge in [0.05, 0.1) is 0 Å². The van der Waals surface area contributed by atoms with E-state index >= 15 is 0 Å². The van der Waals surface area contributed by atoms with Crippen molar-refractivity contribution in [1.82, 2.24) is 5.32 Å². The summed E-state index contributed by atoms with van der Waals surface area (Å²) in [5.41, 5.74) is 0. The Kier molecular flexibility index (Phi) is 7.87. The van der Waals surface area contributed by atoms with E-state index in [1.165, 1.54) is 45.1 Å². The van der Waals surface area contributed by atoms with Gasteiger partial charge in [-0.25, -0.2) is 0 Å². The van der Waals surface area contributed by atoms with E-state index in [2.05, 4.69) is 26.1 Å². The second-order valence-electron chi connectivity index (χ2n) is 5.43. The van der Waals surface area contributed by atoms with Gasteiger partial charge in [-0.1, -0.05) is 33.6 Å². The predicted molar refractivity (Wildman–Crippen MR) is 74.3 cm³/mol. The molecule has 102 valence electrons. The molecular formula is C15H31NO. The first-order chi connectivity index (χ1) is 8.31. The van der Waals surface area contributed by atoms with Crippen LogP contribution in [0.2, 0.25) is 0 Å². The molecule has 17 heavy (non-hydrogen) atoms. The van der Waals surface area contributed by atoms with Gasteiger partial charge in [0.15, 0.2) is 0 Å². The Morgan fingerprint density at radius 2 is 1.76 bits per heavy atom. The van der Waals surface area contributed by atoms with E-state index in [-0.39, 0.29) is 0 Å². The number of rotatable bonds is 8. The Labute approximate surface area is 108 Å². The fourth-order valence-corrected chi connectivity index (χ4v) is 2.97. The Balaban J connectivity index is 2.42. The van der Waals surface area contributed by atoms with Crippen LogP contribution in [0.1, 0.15) is 59.3 Å². The van der Waals surface area contributed by atoms with Crippen LogP contribution in [0.25, 0.3) is 0 Å². The summed E-state index contributed by atoms with van der Waals surface area (Å²) >= 11 is 0. The summed E-state index contributed by atoms with van der Waals surface area (Å²) < 4.78 is 5.46. The molecule has 0 aliphatic carbocycles. The highest BCUT2D eigenvalue weighted by atomic mass is 16.5. The van der Waals surface area contributed by atoms with Crippen LogP contribution in [0.5, 0.6) is 0 Å². The van der Waals surface area contributed by atoms with Crippen molar-refractivity contribution in [2.24, 2.45) is 11.8 Å². The second-order valence-corrected chi connectivity index (χ2v) is 5.43. The zero-order valence-corrected chi connectivity index (χ0v) is 12.0. The molecule has 0 spiro atoms. The molecule has 0 saturated carbocycles. The van der Waals surface area contributed by atoms with E-state index < -0.39 is 0 Å². The van der Waals surface area contributed by atoms with Gasteiger partial charge in [-0.05, 0) is 44.1 Å². The van der Waals surface area contributed by atoms with Crippen molar-refractivity contribution in [3.05, 3.63) is 0 Å². The molecular weight excluding hydrogens is 210 g/mol. The third kappa shape index (κ3) is 5.39. The van der Waals surface area contributed by atoms with Crippen LogP contribution < -0.4 is 5.32 Å². The maximum atomic E-state index is 5.46. The summed E-state index contributed by atoms with van der Waals surface area (Å²) in [5, 5.41) is 3.78. The molecule has 1 saturated heterocycles. The van der Waals surface area contributed by atoms with E-state index in [0.29, 0.717) is 0 Å². The van der Waals surface area contributed by atoms with Crippen molar-refractivity contribution in [3.63, 3.8) is 0 Å². The molecule has 2 nitrogen and oxygen atoms in total. The Morgan fingerprint density at radius 3 is 2.29 bits per heavy atom. The van der Waals surface area contributed by atoms with Gasteiger partial charge in [0.2, 0.25) is 0 Å². The van der Waals surface area contributed by atoms with Gasteiger partial charge in [0.25, 0.3) is 0 Å². The van der Waals surface area contributed by atoms with E-state index in [9.17, 15) is 0 Å². The first-order valence-electron chi connectivity index (χ1n) is 7.62. The molecule has 1 aliphatic rings. The topological polar surface area (TPSA) is 21.3 Å². The first kappa shape index (κ1) is 15.0. The van der Waals surface area contributed by atoms with E-state index in [1.54, 1.807) is 0 Å². The van der Waals surface area contributed by atoms with Crippen LogP contribution in [0.4, 0.5) is 0 Å². The average molecular weight is 241 g/mol. The fourth-order valence-electron chi connectivity index (χ4n) is 2.97. The lowest BCUT2D eigenvalue weighted by molar-refractivity contribution is 0.0575. The molecule has 2 heteroatoms. The minimum absolute atomic E-state index is 0.730. The smallest absolute Gasteiger partial charge is 0.0468 e.